The van der Waals surface area contributed by atoms with E-state index in [4.69, 9.17) is 53.6 Å². The Kier molecular flexibility index (Phi) is 6.32. The minimum absolute atomic E-state index is 0.401. The van der Waals surface area contributed by atoms with Gasteiger partial charge in [0.05, 0.1) is 54.1 Å². The SMILES string of the molecule is [2H]CC(=O)C1(F)O[C@H](COCl)[C@H](OCl)[C@H](OCl)[C@H]1OCl. The number of alkyl halides is 1. The molecule has 0 radical (unpaired) electrons. The van der Waals surface area contributed by atoms with Crippen LogP contribution in [0.1, 0.15) is 8.27 Å². The summed E-state index contributed by atoms with van der Waals surface area (Å²) >= 11 is 20.7. The molecule has 0 bridgehead atoms. The van der Waals surface area contributed by atoms with Crippen LogP contribution in [0.3, 0.4) is 0 Å². The lowest BCUT2D eigenvalue weighted by atomic mass is 9.91. The molecule has 1 fully saturated rings. The van der Waals surface area contributed by atoms with Gasteiger partial charge in [-0.3, -0.25) is 22.0 Å². The van der Waals surface area contributed by atoms with Crippen molar-refractivity contribution in [3.63, 3.8) is 0 Å². The van der Waals surface area contributed by atoms with Crippen LogP contribution in [-0.4, -0.2) is 42.7 Å². The Morgan fingerprint density at radius 2 is 1.95 bits per heavy atom. The summed E-state index contributed by atoms with van der Waals surface area (Å²) in [5.74, 6) is -4.34. The van der Waals surface area contributed by atoms with E-state index < -0.39 is 49.6 Å². The molecule has 1 aliphatic rings. The lowest BCUT2D eigenvalue weighted by molar-refractivity contribution is -0.288. The average molecular weight is 363 g/mol. The maximum Gasteiger partial charge on any atom is 0.299 e. The molecule has 0 aromatic carbocycles. The van der Waals surface area contributed by atoms with Gasteiger partial charge in [0.25, 0.3) is 5.85 Å². The second kappa shape index (κ2) is 7.53. The molecule has 1 saturated heterocycles. The standard InChI is InChI=1S/C8H9Cl4FO6/c1-3(14)8(13)7(19-12)6(18-11)5(17-10)4(16-8)2-15-9/h4-7H,2H2,1H3/t4-,5+,6+,7-,8?/m1/s1/i1D. The van der Waals surface area contributed by atoms with Crippen LogP contribution < -0.4 is 0 Å². The zero-order valence-corrected chi connectivity index (χ0v) is 12.1. The summed E-state index contributed by atoms with van der Waals surface area (Å²) in [4.78, 5) is 11.6. The number of rotatable bonds is 6. The number of hydrogen-bond acceptors (Lipinski definition) is 6. The molecule has 0 amide bonds. The maximum atomic E-state index is 14.7. The van der Waals surface area contributed by atoms with Gasteiger partial charge in [0, 0.05) is 8.27 Å². The number of ether oxygens (including phenoxy) is 1. The van der Waals surface area contributed by atoms with Gasteiger partial charge in [-0.2, -0.15) is 0 Å². The zero-order chi connectivity index (χ0) is 15.3. The highest BCUT2D eigenvalue weighted by atomic mass is 35.5. The molecule has 112 valence electrons. The van der Waals surface area contributed by atoms with Crippen LogP contribution >= 0.6 is 47.5 Å². The minimum atomic E-state index is -3.09. The first-order chi connectivity index (χ1) is 9.49. The Labute approximate surface area is 129 Å². The lowest BCUT2D eigenvalue weighted by Crippen LogP contribution is -2.66. The van der Waals surface area contributed by atoms with Gasteiger partial charge >= 0.3 is 0 Å². The molecular formula is C8H9Cl4FO6. The van der Waals surface area contributed by atoms with Crippen molar-refractivity contribution in [2.45, 2.75) is 37.2 Å². The van der Waals surface area contributed by atoms with Gasteiger partial charge in [0.15, 0.2) is 11.9 Å². The largest absolute Gasteiger partial charge is 0.329 e. The molecule has 0 aliphatic carbocycles. The van der Waals surface area contributed by atoms with E-state index in [1.807, 2.05) is 0 Å². The first kappa shape index (κ1) is 15.9. The molecule has 1 rings (SSSR count). The maximum absolute atomic E-state index is 14.7. The number of halogens is 5. The van der Waals surface area contributed by atoms with Crippen molar-refractivity contribution in [2.24, 2.45) is 0 Å². The molecule has 1 heterocycles. The van der Waals surface area contributed by atoms with Crippen molar-refractivity contribution in [1.82, 2.24) is 0 Å². The van der Waals surface area contributed by atoms with E-state index in [9.17, 15) is 9.18 Å². The number of hydrogen-bond donors (Lipinski definition) is 0. The van der Waals surface area contributed by atoms with Crippen molar-refractivity contribution >= 4 is 53.2 Å². The fraction of sp³-hybridized carbons (Fsp3) is 0.875. The van der Waals surface area contributed by atoms with Crippen LogP contribution in [-0.2, 0) is 26.7 Å². The number of ketones is 1. The van der Waals surface area contributed by atoms with E-state index in [-0.39, 0.29) is 0 Å². The second-order valence-electron chi connectivity index (χ2n) is 3.62. The van der Waals surface area contributed by atoms with Gasteiger partial charge in [-0.25, -0.2) is 4.39 Å². The zero-order valence-electron chi connectivity index (χ0n) is 10.1. The summed E-state index contributed by atoms with van der Waals surface area (Å²) in [5.41, 5.74) is 0. The van der Waals surface area contributed by atoms with E-state index in [2.05, 4.69) is 17.2 Å². The molecule has 0 aromatic rings. The first-order valence-corrected chi connectivity index (χ1v) is 5.98. The van der Waals surface area contributed by atoms with Gasteiger partial charge in [0.1, 0.15) is 18.3 Å². The van der Waals surface area contributed by atoms with Crippen molar-refractivity contribution < 1.29 is 32.4 Å². The second-order valence-corrected chi connectivity index (χ2v) is 4.37. The van der Waals surface area contributed by atoms with Crippen molar-refractivity contribution in [1.29, 1.82) is 0 Å². The highest BCUT2D eigenvalue weighted by Crippen LogP contribution is 2.38. The van der Waals surface area contributed by atoms with E-state index >= 15 is 0 Å². The molecular weight excluding hydrogens is 353 g/mol. The highest BCUT2D eigenvalue weighted by Gasteiger charge is 2.61. The Balaban J connectivity index is 3.15. The van der Waals surface area contributed by atoms with Gasteiger partial charge in [-0.05, 0) is 0 Å². The average Bonchev–Trinajstić information content (AvgIpc) is 2.45. The third-order valence-electron chi connectivity index (χ3n) is 2.59. The van der Waals surface area contributed by atoms with Crippen LogP contribution in [0.2, 0.25) is 0 Å². The Bertz CT molecular complexity index is 342. The number of carbonyl (C=O) groups excluding carboxylic acids is 1. The minimum Gasteiger partial charge on any atom is -0.329 e. The van der Waals surface area contributed by atoms with Crippen molar-refractivity contribution in [3.05, 3.63) is 0 Å². The monoisotopic (exact) mass is 361 g/mol. The predicted octanol–water partition coefficient (Wildman–Crippen LogP) is 2.43. The molecule has 19 heavy (non-hydrogen) atoms. The predicted molar refractivity (Wildman–Crippen MR) is 63.4 cm³/mol. The molecule has 1 aliphatic heterocycles. The summed E-state index contributed by atoms with van der Waals surface area (Å²) in [7, 11) is 0. The quantitative estimate of drug-likeness (QED) is 0.723. The molecule has 11 heteroatoms. The molecule has 0 spiro atoms. The van der Waals surface area contributed by atoms with Gasteiger partial charge in [-0.15, -0.1) is 0 Å². The van der Waals surface area contributed by atoms with Gasteiger partial charge < -0.3 is 4.74 Å². The Morgan fingerprint density at radius 1 is 1.32 bits per heavy atom. The van der Waals surface area contributed by atoms with Crippen molar-refractivity contribution in [2.75, 3.05) is 6.61 Å². The van der Waals surface area contributed by atoms with Crippen LogP contribution in [0.15, 0.2) is 0 Å². The summed E-state index contributed by atoms with van der Waals surface area (Å²) in [5, 5.41) is 0. The normalized spacial score (nSPS) is 39.9. The van der Waals surface area contributed by atoms with Crippen LogP contribution in [0.4, 0.5) is 4.39 Å². The topological polar surface area (TPSA) is 63.2 Å². The summed E-state index contributed by atoms with van der Waals surface area (Å²) < 4.78 is 44.2. The fourth-order valence-corrected chi connectivity index (χ4v) is 2.43. The Morgan fingerprint density at radius 3 is 2.37 bits per heavy atom. The van der Waals surface area contributed by atoms with E-state index in [0.717, 1.165) is 0 Å². The van der Waals surface area contributed by atoms with E-state index in [1.54, 1.807) is 0 Å². The molecule has 0 saturated carbocycles. The third-order valence-corrected chi connectivity index (χ3v) is 3.32. The molecule has 0 N–H and O–H groups in total. The molecule has 0 aromatic heterocycles. The lowest BCUT2D eigenvalue weighted by Gasteiger charge is -2.44. The van der Waals surface area contributed by atoms with Crippen LogP contribution in [0, 0.1) is 0 Å². The number of carbonyl (C=O) groups is 1. The van der Waals surface area contributed by atoms with Gasteiger partial charge in [-0.1, -0.05) is 0 Å². The fourth-order valence-electron chi connectivity index (χ4n) is 1.68. The van der Waals surface area contributed by atoms with Crippen LogP contribution in [0.5, 0.6) is 0 Å². The van der Waals surface area contributed by atoms with Crippen LogP contribution in [0.25, 0.3) is 0 Å². The van der Waals surface area contributed by atoms with Gasteiger partial charge in [0.2, 0.25) is 0 Å². The smallest absolute Gasteiger partial charge is 0.299 e. The molecule has 6 nitrogen and oxygen atoms in total. The van der Waals surface area contributed by atoms with Crippen molar-refractivity contribution in [3.8, 4) is 0 Å². The molecule has 1 unspecified atom stereocenters. The third kappa shape index (κ3) is 3.42. The summed E-state index contributed by atoms with van der Waals surface area (Å²) in [6.07, 6.45) is -5.68. The number of Topliss-reactive ketones (excluding diaryl/α,β-unsaturated/α-hetero) is 1. The van der Waals surface area contributed by atoms with E-state index in [0.29, 0.717) is 0 Å². The summed E-state index contributed by atoms with van der Waals surface area (Å²) in [6, 6.07) is 0. The summed E-state index contributed by atoms with van der Waals surface area (Å²) in [6.45, 7) is -1.33. The van der Waals surface area contributed by atoms with E-state index in [1.165, 1.54) is 0 Å². The highest BCUT2D eigenvalue weighted by molar-refractivity contribution is 6.09. The molecule has 5 atom stereocenters. The first-order valence-electron chi connectivity index (χ1n) is 5.45. The Hall–Kier alpha value is 0.560.